The fraction of sp³-hybridized carbons (Fsp3) is 0.292. The molecule has 0 spiro atoms. The van der Waals surface area contributed by atoms with Crippen LogP contribution < -0.4 is 10.6 Å². The zero-order valence-corrected chi connectivity index (χ0v) is 18.1. The Morgan fingerprint density at radius 2 is 1.87 bits per heavy atom. The van der Waals surface area contributed by atoms with Crippen LogP contribution in [0.2, 0.25) is 0 Å². The molecule has 2 aromatic carbocycles. The molecule has 3 aromatic rings. The third kappa shape index (κ3) is 4.77. The highest BCUT2D eigenvalue weighted by Crippen LogP contribution is 2.27. The number of hydrogen-bond donors (Lipinski definition) is 2. The van der Waals surface area contributed by atoms with Gasteiger partial charge in [0.2, 0.25) is 5.91 Å². The maximum Gasteiger partial charge on any atom is 0.322 e. The lowest BCUT2D eigenvalue weighted by Gasteiger charge is -2.30. The Hall–Kier alpha value is -3.61. The Bertz CT molecular complexity index is 1130. The molecule has 0 unspecified atom stereocenters. The van der Waals surface area contributed by atoms with Gasteiger partial charge in [-0.05, 0) is 61.2 Å². The van der Waals surface area contributed by atoms with Gasteiger partial charge in [0.1, 0.15) is 0 Å². The highest BCUT2D eigenvalue weighted by molar-refractivity contribution is 5.91. The Kier molecular flexibility index (Phi) is 5.75. The normalized spacial score (nSPS) is 12.9. The molecule has 0 saturated carbocycles. The number of hydrogen-bond acceptors (Lipinski definition) is 3. The Morgan fingerprint density at radius 3 is 2.61 bits per heavy atom. The highest BCUT2D eigenvalue weighted by atomic mass is 16.2. The van der Waals surface area contributed by atoms with Crippen molar-refractivity contribution in [3.05, 3.63) is 76.6 Å². The molecule has 7 nitrogen and oxygen atoms in total. The number of amides is 3. The minimum absolute atomic E-state index is 0.0890. The van der Waals surface area contributed by atoms with Gasteiger partial charge in [0.25, 0.3) is 0 Å². The van der Waals surface area contributed by atoms with Crippen LogP contribution in [0.5, 0.6) is 0 Å². The summed E-state index contributed by atoms with van der Waals surface area (Å²) in [6.45, 7) is 7.30. The highest BCUT2D eigenvalue weighted by Gasteiger charge is 2.23. The minimum Gasteiger partial charge on any atom is -0.326 e. The number of nitrogens with zero attached hydrogens (tertiary/aromatic N) is 3. The molecule has 2 N–H and O–H groups in total. The zero-order valence-electron chi connectivity index (χ0n) is 18.1. The molecule has 2 heterocycles. The van der Waals surface area contributed by atoms with Gasteiger partial charge >= 0.3 is 6.03 Å². The number of aromatic nitrogens is 2. The topological polar surface area (TPSA) is 79.3 Å². The fourth-order valence-corrected chi connectivity index (χ4v) is 4.05. The molecule has 7 heteroatoms. The van der Waals surface area contributed by atoms with E-state index >= 15 is 0 Å². The first kappa shape index (κ1) is 20.7. The van der Waals surface area contributed by atoms with Crippen LogP contribution in [0.25, 0.3) is 0 Å². The van der Waals surface area contributed by atoms with Crippen LogP contribution in [-0.4, -0.2) is 33.2 Å². The Morgan fingerprint density at radius 1 is 1.06 bits per heavy atom. The number of carbonyl (C=O) groups excluding carboxylic acids is 2. The van der Waals surface area contributed by atoms with Crippen LogP contribution in [0.3, 0.4) is 0 Å². The third-order valence-corrected chi connectivity index (χ3v) is 5.48. The summed E-state index contributed by atoms with van der Waals surface area (Å²) >= 11 is 0. The zero-order chi connectivity index (χ0) is 22.0. The average Bonchev–Trinajstić information content (AvgIpc) is 3.04. The van der Waals surface area contributed by atoms with Gasteiger partial charge in [-0.15, -0.1) is 0 Å². The summed E-state index contributed by atoms with van der Waals surface area (Å²) in [6, 6.07) is 15.6. The van der Waals surface area contributed by atoms with Gasteiger partial charge < -0.3 is 15.5 Å². The van der Waals surface area contributed by atoms with Crippen LogP contribution >= 0.6 is 0 Å². The number of aryl methyl sites for hydroxylation is 2. The van der Waals surface area contributed by atoms with Crippen molar-refractivity contribution in [2.45, 2.75) is 40.3 Å². The van der Waals surface area contributed by atoms with E-state index in [0.717, 1.165) is 39.5 Å². The van der Waals surface area contributed by atoms with Crippen LogP contribution in [-0.2, 0) is 24.3 Å². The van der Waals surface area contributed by atoms with Crippen molar-refractivity contribution >= 4 is 23.3 Å². The van der Waals surface area contributed by atoms with Crippen molar-refractivity contribution < 1.29 is 9.59 Å². The molecular weight excluding hydrogens is 390 g/mol. The Balaban J connectivity index is 1.43. The number of rotatable bonds is 4. The first-order valence-electron chi connectivity index (χ1n) is 10.4. The van der Waals surface area contributed by atoms with Crippen LogP contribution in [0.15, 0.2) is 48.5 Å². The standard InChI is InChI=1S/C24H27N5O2/c1-16-12-17(2)29(27-16)14-19-6-4-8-21(13-19)26-24(31)28-11-10-22-20(15-28)7-5-9-23(22)25-18(3)30/h4-9,12-13H,10-11,14-15H2,1-3H3,(H,25,30)(H,26,31). The smallest absolute Gasteiger partial charge is 0.322 e. The molecule has 0 radical (unpaired) electrons. The molecule has 0 atom stereocenters. The van der Waals surface area contributed by atoms with Crippen LogP contribution in [0.4, 0.5) is 16.2 Å². The number of benzene rings is 2. The molecule has 160 valence electrons. The lowest BCUT2D eigenvalue weighted by Crippen LogP contribution is -2.39. The molecule has 0 saturated heterocycles. The molecule has 31 heavy (non-hydrogen) atoms. The fourth-order valence-electron chi connectivity index (χ4n) is 4.05. The molecule has 1 aliphatic rings. The van der Waals surface area contributed by atoms with Crippen molar-refractivity contribution in [3.63, 3.8) is 0 Å². The van der Waals surface area contributed by atoms with E-state index in [1.807, 2.05) is 61.0 Å². The van der Waals surface area contributed by atoms with Gasteiger partial charge in [-0.3, -0.25) is 9.48 Å². The SMILES string of the molecule is CC(=O)Nc1cccc2c1CCN(C(=O)Nc1cccc(Cn3nc(C)cc3C)c1)C2. The second kappa shape index (κ2) is 8.63. The third-order valence-electron chi connectivity index (χ3n) is 5.48. The maximum atomic E-state index is 12.9. The number of carbonyl (C=O) groups is 2. The number of urea groups is 1. The predicted molar refractivity (Wildman–Crippen MR) is 121 cm³/mol. The molecule has 1 aliphatic heterocycles. The van der Waals surface area contributed by atoms with Gasteiger partial charge in [0.05, 0.1) is 12.2 Å². The van der Waals surface area contributed by atoms with Crippen LogP contribution in [0.1, 0.15) is 35.0 Å². The molecule has 0 aliphatic carbocycles. The number of fused-ring (bicyclic) bond motifs is 1. The summed E-state index contributed by atoms with van der Waals surface area (Å²) in [5.41, 5.74) is 6.95. The summed E-state index contributed by atoms with van der Waals surface area (Å²) in [6.07, 6.45) is 0.706. The summed E-state index contributed by atoms with van der Waals surface area (Å²) in [4.78, 5) is 26.1. The van der Waals surface area contributed by atoms with Gasteiger partial charge in [0, 0.05) is 37.1 Å². The van der Waals surface area contributed by atoms with Gasteiger partial charge in [-0.1, -0.05) is 24.3 Å². The molecule has 1 aromatic heterocycles. The van der Waals surface area contributed by atoms with Gasteiger partial charge in [-0.2, -0.15) is 5.10 Å². The van der Waals surface area contributed by atoms with E-state index in [1.165, 1.54) is 6.92 Å². The second-order valence-electron chi connectivity index (χ2n) is 8.01. The maximum absolute atomic E-state index is 12.9. The largest absolute Gasteiger partial charge is 0.326 e. The van der Waals surface area contributed by atoms with E-state index in [9.17, 15) is 9.59 Å². The van der Waals surface area contributed by atoms with E-state index in [0.29, 0.717) is 26.1 Å². The van der Waals surface area contributed by atoms with Crippen molar-refractivity contribution in [2.75, 3.05) is 17.2 Å². The molecule has 4 rings (SSSR count). The molecular formula is C24H27N5O2. The van der Waals surface area contributed by atoms with E-state index in [-0.39, 0.29) is 11.9 Å². The predicted octanol–water partition coefficient (Wildman–Crippen LogP) is 4.10. The van der Waals surface area contributed by atoms with E-state index in [4.69, 9.17) is 0 Å². The Labute approximate surface area is 182 Å². The second-order valence-corrected chi connectivity index (χ2v) is 8.01. The van der Waals surface area contributed by atoms with E-state index in [2.05, 4.69) is 21.8 Å². The summed E-state index contributed by atoms with van der Waals surface area (Å²) < 4.78 is 1.96. The van der Waals surface area contributed by atoms with Gasteiger partial charge in [0.15, 0.2) is 0 Å². The summed E-state index contributed by atoms with van der Waals surface area (Å²) in [5, 5.41) is 10.4. The summed E-state index contributed by atoms with van der Waals surface area (Å²) in [7, 11) is 0. The molecule has 3 amide bonds. The quantitative estimate of drug-likeness (QED) is 0.671. The lowest BCUT2D eigenvalue weighted by molar-refractivity contribution is -0.114. The van der Waals surface area contributed by atoms with Crippen molar-refractivity contribution in [3.8, 4) is 0 Å². The van der Waals surface area contributed by atoms with Crippen molar-refractivity contribution in [1.29, 1.82) is 0 Å². The van der Waals surface area contributed by atoms with Crippen molar-refractivity contribution in [1.82, 2.24) is 14.7 Å². The van der Waals surface area contributed by atoms with E-state index < -0.39 is 0 Å². The number of nitrogens with one attached hydrogen (secondary N) is 2. The van der Waals surface area contributed by atoms with Gasteiger partial charge in [-0.25, -0.2) is 4.79 Å². The summed E-state index contributed by atoms with van der Waals surface area (Å²) in [5.74, 6) is -0.0890. The number of anilines is 2. The first-order valence-corrected chi connectivity index (χ1v) is 10.4. The lowest BCUT2D eigenvalue weighted by atomic mass is 9.98. The monoisotopic (exact) mass is 417 g/mol. The minimum atomic E-state index is -0.126. The first-order chi connectivity index (χ1) is 14.9. The van der Waals surface area contributed by atoms with Crippen LogP contribution in [0, 0.1) is 13.8 Å². The average molecular weight is 418 g/mol. The molecule has 0 fully saturated rings. The van der Waals surface area contributed by atoms with E-state index in [1.54, 1.807) is 4.90 Å². The molecule has 0 bridgehead atoms. The van der Waals surface area contributed by atoms with Crippen molar-refractivity contribution in [2.24, 2.45) is 0 Å².